The van der Waals surface area contributed by atoms with Crippen LogP contribution in [0, 0.1) is 24.4 Å². The number of benzene rings is 2. The van der Waals surface area contributed by atoms with E-state index < -0.39 is 23.5 Å². The third kappa shape index (κ3) is 4.32. The van der Waals surface area contributed by atoms with E-state index in [0.29, 0.717) is 30.8 Å². The summed E-state index contributed by atoms with van der Waals surface area (Å²) >= 11 is 0. The number of carbonyl (C=O) groups excluding carboxylic acids is 1. The average molecular weight is 483 g/mol. The predicted octanol–water partition coefficient (Wildman–Crippen LogP) is 4.75. The lowest BCUT2D eigenvalue weighted by Crippen LogP contribution is -2.53. The number of morpholine rings is 1. The Labute approximate surface area is 200 Å². The number of hydrogen-bond donors (Lipinski definition) is 0. The SMILES string of the molecule is COc1cc(/C=C2\CC[C@H]3COC[C@H](c4cc(F)c(F)c(F)c4)N3C2=O)ccc1-n1cnc(C)c1. The third-order valence-corrected chi connectivity index (χ3v) is 6.50. The first-order valence-corrected chi connectivity index (χ1v) is 11.3. The van der Waals surface area contributed by atoms with E-state index in [0.717, 1.165) is 29.1 Å². The van der Waals surface area contributed by atoms with Gasteiger partial charge in [-0.2, -0.15) is 0 Å². The maximum Gasteiger partial charge on any atom is 0.250 e. The molecule has 0 saturated carbocycles. The maximum absolute atomic E-state index is 13.9. The molecule has 1 aromatic heterocycles. The zero-order valence-corrected chi connectivity index (χ0v) is 19.3. The molecule has 2 aliphatic rings. The van der Waals surface area contributed by atoms with Gasteiger partial charge in [-0.3, -0.25) is 4.79 Å². The van der Waals surface area contributed by atoms with E-state index in [1.807, 2.05) is 42.0 Å². The van der Waals surface area contributed by atoms with E-state index in [9.17, 15) is 18.0 Å². The minimum absolute atomic E-state index is 0.0763. The van der Waals surface area contributed by atoms with Gasteiger partial charge in [-0.1, -0.05) is 6.07 Å². The van der Waals surface area contributed by atoms with Crippen LogP contribution in [0.15, 0.2) is 48.4 Å². The van der Waals surface area contributed by atoms with Crippen LogP contribution >= 0.6 is 0 Å². The molecule has 9 heteroatoms. The van der Waals surface area contributed by atoms with Crippen LogP contribution in [0.3, 0.4) is 0 Å². The van der Waals surface area contributed by atoms with Crippen LogP contribution in [0.4, 0.5) is 13.2 Å². The second-order valence-electron chi connectivity index (χ2n) is 8.78. The highest BCUT2D eigenvalue weighted by atomic mass is 19.2. The molecule has 2 atom stereocenters. The Bertz CT molecular complexity index is 1300. The van der Waals surface area contributed by atoms with Gasteiger partial charge in [0.25, 0.3) is 5.91 Å². The number of hydrogen-bond acceptors (Lipinski definition) is 4. The largest absolute Gasteiger partial charge is 0.495 e. The van der Waals surface area contributed by atoms with Crippen LogP contribution < -0.4 is 4.74 Å². The van der Waals surface area contributed by atoms with Gasteiger partial charge in [0.05, 0.1) is 50.1 Å². The van der Waals surface area contributed by atoms with Crippen LogP contribution in [0.2, 0.25) is 0 Å². The summed E-state index contributed by atoms with van der Waals surface area (Å²) in [7, 11) is 1.58. The van der Waals surface area contributed by atoms with E-state index in [2.05, 4.69) is 4.98 Å². The Morgan fingerprint density at radius 2 is 1.91 bits per heavy atom. The Hall–Kier alpha value is -3.59. The van der Waals surface area contributed by atoms with Gasteiger partial charge >= 0.3 is 0 Å². The second-order valence-corrected chi connectivity index (χ2v) is 8.78. The average Bonchev–Trinajstić information content (AvgIpc) is 3.29. The zero-order chi connectivity index (χ0) is 24.7. The molecular formula is C26H24F3N3O3. The Morgan fingerprint density at radius 1 is 1.14 bits per heavy atom. The van der Waals surface area contributed by atoms with Crippen LogP contribution in [0.5, 0.6) is 5.75 Å². The smallest absolute Gasteiger partial charge is 0.250 e. The number of aromatic nitrogens is 2. The molecule has 2 saturated heterocycles. The molecule has 2 aliphatic heterocycles. The number of fused-ring (bicyclic) bond motifs is 1. The minimum atomic E-state index is -1.53. The van der Waals surface area contributed by atoms with Crippen molar-refractivity contribution in [2.75, 3.05) is 20.3 Å². The van der Waals surface area contributed by atoms with E-state index >= 15 is 0 Å². The molecule has 5 rings (SSSR count). The lowest BCUT2D eigenvalue weighted by Gasteiger charge is -2.45. The minimum Gasteiger partial charge on any atom is -0.495 e. The first-order chi connectivity index (χ1) is 16.9. The lowest BCUT2D eigenvalue weighted by molar-refractivity contribution is -0.145. The summed E-state index contributed by atoms with van der Waals surface area (Å²) in [5.41, 5.74) is 3.22. The van der Waals surface area contributed by atoms with Crippen molar-refractivity contribution in [2.24, 2.45) is 0 Å². The summed E-state index contributed by atoms with van der Waals surface area (Å²) in [5, 5.41) is 0. The highest BCUT2D eigenvalue weighted by Crippen LogP contribution is 2.37. The standard InChI is InChI=1S/C26H24F3N3O3/c1-15-11-31(14-30-15)22-6-3-16(8-24(22)34-2)7-17-4-5-19-12-35-13-23(32(19)26(17)33)18-9-20(27)25(29)21(28)10-18/h3,6-11,14,19,23H,4-5,12-13H2,1-2H3/b17-7+/t19-,23+/m0/s1. The number of ether oxygens (including phenoxy) is 2. The molecule has 0 radical (unpaired) electrons. The normalized spacial score (nSPS) is 21.3. The van der Waals surface area contributed by atoms with Crippen molar-refractivity contribution in [1.82, 2.24) is 14.5 Å². The molecular weight excluding hydrogens is 459 g/mol. The summed E-state index contributed by atoms with van der Waals surface area (Å²) in [5.74, 6) is -3.71. The summed E-state index contributed by atoms with van der Waals surface area (Å²) in [6.45, 7) is 2.32. The highest BCUT2D eigenvalue weighted by Gasteiger charge is 2.40. The molecule has 3 aromatic rings. The van der Waals surface area contributed by atoms with E-state index in [1.54, 1.807) is 18.3 Å². The predicted molar refractivity (Wildman–Crippen MR) is 123 cm³/mol. The molecule has 2 fully saturated rings. The van der Waals surface area contributed by atoms with E-state index in [4.69, 9.17) is 9.47 Å². The number of piperidine rings is 1. The second kappa shape index (κ2) is 9.22. The summed E-state index contributed by atoms with van der Waals surface area (Å²) in [6, 6.07) is 6.55. The molecule has 182 valence electrons. The Balaban J connectivity index is 1.46. The summed E-state index contributed by atoms with van der Waals surface area (Å²) < 4.78 is 54.4. The van der Waals surface area contributed by atoms with Crippen molar-refractivity contribution in [3.05, 3.63) is 82.7 Å². The fourth-order valence-corrected chi connectivity index (χ4v) is 4.77. The Morgan fingerprint density at radius 3 is 2.60 bits per heavy atom. The first-order valence-electron chi connectivity index (χ1n) is 11.3. The van der Waals surface area contributed by atoms with Crippen LogP contribution in [-0.2, 0) is 9.53 Å². The molecule has 6 nitrogen and oxygen atoms in total. The fraction of sp³-hybridized carbons (Fsp3) is 0.308. The van der Waals surface area contributed by atoms with Crippen molar-refractivity contribution >= 4 is 12.0 Å². The van der Waals surface area contributed by atoms with Gasteiger partial charge in [0.1, 0.15) is 5.75 Å². The zero-order valence-electron chi connectivity index (χ0n) is 19.3. The lowest BCUT2D eigenvalue weighted by atomic mass is 9.91. The molecule has 3 heterocycles. The summed E-state index contributed by atoms with van der Waals surface area (Å²) in [4.78, 5) is 19.4. The number of nitrogens with zero attached hydrogens (tertiary/aromatic N) is 3. The molecule has 2 aromatic carbocycles. The van der Waals surface area contributed by atoms with Crippen LogP contribution in [0.25, 0.3) is 11.8 Å². The summed E-state index contributed by atoms with van der Waals surface area (Å²) in [6.07, 6.45) is 6.58. The van der Waals surface area contributed by atoms with Crippen molar-refractivity contribution < 1.29 is 27.4 Å². The highest BCUT2D eigenvalue weighted by molar-refractivity contribution is 5.99. The number of aryl methyl sites for hydroxylation is 1. The number of amides is 1. The van der Waals surface area contributed by atoms with Gasteiger partial charge in [0.15, 0.2) is 17.5 Å². The number of imidazole rings is 1. The molecule has 0 aliphatic carbocycles. The number of halogens is 3. The number of methoxy groups -OCH3 is 1. The first kappa shape index (κ1) is 23.2. The van der Waals surface area contributed by atoms with Gasteiger partial charge in [0, 0.05) is 11.8 Å². The van der Waals surface area contributed by atoms with Gasteiger partial charge in [-0.05, 0) is 61.2 Å². The van der Waals surface area contributed by atoms with Crippen molar-refractivity contribution in [1.29, 1.82) is 0 Å². The van der Waals surface area contributed by atoms with Crippen molar-refractivity contribution in [2.45, 2.75) is 31.8 Å². The van der Waals surface area contributed by atoms with E-state index in [-0.39, 0.29) is 24.1 Å². The molecule has 0 spiro atoms. The molecule has 1 amide bonds. The topological polar surface area (TPSA) is 56.6 Å². The van der Waals surface area contributed by atoms with E-state index in [1.165, 1.54) is 0 Å². The number of carbonyl (C=O) groups is 1. The molecule has 0 unspecified atom stereocenters. The van der Waals surface area contributed by atoms with Crippen molar-refractivity contribution in [3.63, 3.8) is 0 Å². The maximum atomic E-state index is 13.9. The van der Waals surface area contributed by atoms with Crippen LogP contribution in [0.1, 0.15) is 35.7 Å². The monoisotopic (exact) mass is 483 g/mol. The Kier molecular flexibility index (Phi) is 6.10. The van der Waals surface area contributed by atoms with Gasteiger partial charge in [0.2, 0.25) is 0 Å². The third-order valence-electron chi connectivity index (χ3n) is 6.50. The fourth-order valence-electron chi connectivity index (χ4n) is 4.77. The molecule has 35 heavy (non-hydrogen) atoms. The van der Waals surface area contributed by atoms with Gasteiger partial charge in [-0.15, -0.1) is 0 Å². The van der Waals surface area contributed by atoms with Crippen LogP contribution in [-0.4, -0.2) is 46.7 Å². The molecule has 0 bridgehead atoms. The quantitative estimate of drug-likeness (QED) is 0.397. The molecule has 0 N–H and O–H groups in total. The van der Waals surface area contributed by atoms with Gasteiger partial charge in [-0.25, -0.2) is 18.2 Å². The van der Waals surface area contributed by atoms with Crippen molar-refractivity contribution in [3.8, 4) is 11.4 Å². The van der Waals surface area contributed by atoms with Gasteiger partial charge < -0.3 is 18.9 Å². The number of rotatable bonds is 4.